The minimum absolute atomic E-state index is 0.196. The summed E-state index contributed by atoms with van der Waals surface area (Å²) in [6.45, 7) is 8.57. The molecule has 0 spiro atoms. The van der Waals surface area contributed by atoms with E-state index in [1.807, 2.05) is 31.5 Å². The molecule has 3 rings (SSSR count). The lowest BCUT2D eigenvalue weighted by Gasteiger charge is -2.09. The molecule has 2 amide bonds. The fourth-order valence-electron chi connectivity index (χ4n) is 3.35. The number of anilines is 1. The van der Waals surface area contributed by atoms with E-state index in [0.29, 0.717) is 17.8 Å². The first-order chi connectivity index (χ1) is 14.8. The van der Waals surface area contributed by atoms with Gasteiger partial charge in [-0.25, -0.2) is 0 Å². The highest BCUT2D eigenvalue weighted by atomic mass is 16.2. The van der Waals surface area contributed by atoms with Gasteiger partial charge in [-0.05, 0) is 57.0 Å². The van der Waals surface area contributed by atoms with E-state index >= 15 is 0 Å². The van der Waals surface area contributed by atoms with Crippen LogP contribution in [0.25, 0.3) is 6.08 Å². The van der Waals surface area contributed by atoms with Gasteiger partial charge in [0.05, 0.1) is 12.2 Å². The van der Waals surface area contributed by atoms with Gasteiger partial charge in [0.25, 0.3) is 5.91 Å². The highest BCUT2D eigenvalue weighted by molar-refractivity contribution is 6.03. The molecule has 0 saturated heterocycles. The molecule has 31 heavy (non-hydrogen) atoms. The van der Waals surface area contributed by atoms with Crippen molar-refractivity contribution in [3.8, 4) is 0 Å². The van der Waals surface area contributed by atoms with Crippen molar-refractivity contribution in [3.05, 3.63) is 87.7 Å². The van der Waals surface area contributed by atoms with E-state index in [1.165, 1.54) is 17.2 Å². The van der Waals surface area contributed by atoms with Crippen LogP contribution < -0.4 is 10.6 Å². The number of nitrogens with zero attached hydrogens (tertiary/aromatic N) is 2. The van der Waals surface area contributed by atoms with E-state index in [9.17, 15) is 9.59 Å². The second-order valence-corrected chi connectivity index (χ2v) is 7.66. The monoisotopic (exact) mass is 416 g/mol. The summed E-state index contributed by atoms with van der Waals surface area (Å²) in [5.41, 5.74) is 7.19. The Bertz CT molecular complexity index is 1140. The van der Waals surface area contributed by atoms with Gasteiger partial charge in [-0.3, -0.25) is 14.3 Å². The minimum Gasteiger partial charge on any atom is -0.355 e. The maximum atomic E-state index is 12.5. The van der Waals surface area contributed by atoms with Crippen molar-refractivity contribution in [1.29, 1.82) is 0 Å². The molecule has 3 aromatic rings. The summed E-state index contributed by atoms with van der Waals surface area (Å²) in [6.07, 6.45) is 3.29. The number of hydrogen-bond donors (Lipinski definition) is 2. The number of carbonyl (C=O) groups is 2. The second kappa shape index (κ2) is 9.43. The van der Waals surface area contributed by atoms with Crippen LogP contribution in [0.2, 0.25) is 0 Å². The van der Waals surface area contributed by atoms with Crippen LogP contribution in [0.3, 0.4) is 0 Å². The topological polar surface area (TPSA) is 76.0 Å². The first-order valence-electron chi connectivity index (χ1n) is 10.2. The van der Waals surface area contributed by atoms with E-state index in [1.54, 1.807) is 25.3 Å². The second-order valence-electron chi connectivity index (χ2n) is 7.66. The molecule has 6 nitrogen and oxygen atoms in total. The lowest BCUT2D eigenvalue weighted by atomic mass is 10.1. The van der Waals surface area contributed by atoms with E-state index in [2.05, 4.69) is 46.9 Å². The zero-order chi connectivity index (χ0) is 22.5. The molecular weight excluding hydrogens is 388 g/mol. The van der Waals surface area contributed by atoms with E-state index < -0.39 is 0 Å². The molecule has 0 radical (unpaired) electrons. The Balaban J connectivity index is 1.74. The van der Waals surface area contributed by atoms with Crippen LogP contribution in [0.1, 0.15) is 44.0 Å². The zero-order valence-electron chi connectivity index (χ0n) is 18.6. The molecule has 6 heteroatoms. The number of aryl methyl sites for hydroxylation is 3. The van der Waals surface area contributed by atoms with Crippen LogP contribution in [0, 0.1) is 27.7 Å². The maximum Gasteiger partial charge on any atom is 0.251 e. The van der Waals surface area contributed by atoms with Crippen LogP contribution in [-0.2, 0) is 11.3 Å². The Hall–Kier alpha value is -3.67. The number of hydrogen-bond acceptors (Lipinski definition) is 3. The summed E-state index contributed by atoms with van der Waals surface area (Å²) in [7, 11) is 1.58. The lowest BCUT2D eigenvalue weighted by Crippen LogP contribution is -2.18. The predicted molar refractivity (Wildman–Crippen MR) is 124 cm³/mol. The first-order valence-corrected chi connectivity index (χ1v) is 10.2. The Morgan fingerprint density at radius 3 is 2.42 bits per heavy atom. The number of carbonyl (C=O) groups excluding carboxylic acids is 2. The number of amides is 2. The van der Waals surface area contributed by atoms with Gasteiger partial charge in [-0.15, -0.1) is 0 Å². The Morgan fingerprint density at radius 1 is 1.03 bits per heavy atom. The number of benzene rings is 2. The lowest BCUT2D eigenvalue weighted by molar-refractivity contribution is -0.111. The molecule has 160 valence electrons. The van der Waals surface area contributed by atoms with Crippen LogP contribution >= 0.6 is 0 Å². The SMILES string of the molecule is CNC(=O)c1ccc(C)c(NC(=O)/C=C/c2c(C)nn(Cc3ccc(C)cc3)c2C)c1. The molecule has 0 aliphatic heterocycles. The molecule has 0 aliphatic carbocycles. The molecule has 0 atom stereocenters. The van der Waals surface area contributed by atoms with Gasteiger partial charge >= 0.3 is 0 Å². The largest absolute Gasteiger partial charge is 0.355 e. The Labute approximate surface area is 183 Å². The molecule has 1 heterocycles. The van der Waals surface area contributed by atoms with E-state index in [0.717, 1.165) is 22.5 Å². The smallest absolute Gasteiger partial charge is 0.251 e. The van der Waals surface area contributed by atoms with Gasteiger partial charge in [-0.1, -0.05) is 35.9 Å². The standard InChI is InChI=1S/C25H28N4O2/c1-16-6-9-20(10-7-16)15-29-19(4)22(18(3)28-29)12-13-24(30)27-23-14-21(25(31)26-5)11-8-17(23)2/h6-14H,15H2,1-5H3,(H,26,31)(H,27,30)/b13-12+. The summed E-state index contributed by atoms with van der Waals surface area (Å²) in [4.78, 5) is 24.4. The van der Waals surface area contributed by atoms with Gasteiger partial charge in [0.2, 0.25) is 5.91 Å². The Kier molecular flexibility index (Phi) is 6.70. The van der Waals surface area contributed by atoms with Crippen molar-refractivity contribution in [3.63, 3.8) is 0 Å². The van der Waals surface area contributed by atoms with Crippen LogP contribution in [0.4, 0.5) is 5.69 Å². The molecule has 0 unspecified atom stereocenters. The molecule has 2 aromatic carbocycles. The van der Waals surface area contributed by atoms with Gasteiger partial charge in [-0.2, -0.15) is 5.10 Å². The molecule has 2 N–H and O–H groups in total. The average Bonchev–Trinajstić information content (AvgIpc) is 3.01. The van der Waals surface area contributed by atoms with Crippen LogP contribution in [-0.4, -0.2) is 28.6 Å². The van der Waals surface area contributed by atoms with Gasteiger partial charge in [0.1, 0.15) is 0 Å². The molecule has 0 fully saturated rings. The van der Waals surface area contributed by atoms with Gasteiger partial charge in [0, 0.05) is 35.6 Å². The molecule has 0 saturated carbocycles. The van der Waals surface area contributed by atoms with Crippen molar-refractivity contribution in [2.75, 3.05) is 12.4 Å². The number of rotatable bonds is 6. The zero-order valence-corrected chi connectivity index (χ0v) is 18.6. The highest BCUT2D eigenvalue weighted by Gasteiger charge is 2.11. The van der Waals surface area contributed by atoms with Crippen molar-refractivity contribution < 1.29 is 9.59 Å². The van der Waals surface area contributed by atoms with Crippen molar-refractivity contribution >= 4 is 23.6 Å². The Morgan fingerprint density at radius 2 is 1.74 bits per heavy atom. The fraction of sp³-hybridized carbons (Fsp3) is 0.240. The van der Waals surface area contributed by atoms with Crippen LogP contribution in [0.5, 0.6) is 0 Å². The predicted octanol–water partition coefficient (Wildman–Crippen LogP) is 4.18. The first kappa shape index (κ1) is 22.0. The number of aromatic nitrogens is 2. The summed E-state index contributed by atoms with van der Waals surface area (Å²) in [5, 5.41) is 10.1. The molecule has 0 bridgehead atoms. The molecular formula is C25H28N4O2. The van der Waals surface area contributed by atoms with Crippen molar-refractivity contribution in [2.24, 2.45) is 0 Å². The van der Waals surface area contributed by atoms with Crippen molar-refractivity contribution in [1.82, 2.24) is 15.1 Å². The summed E-state index contributed by atoms with van der Waals surface area (Å²) >= 11 is 0. The molecule has 0 aliphatic rings. The summed E-state index contributed by atoms with van der Waals surface area (Å²) in [5.74, 6) is -0.458. The number of nitrogens with one attached hydrogen (secondary N) is 2. The average molecular weight is 417 g/mol. The van der Waals surface area contributed by atoms with Gasteiger partial charge in [0.15, 0.2) is 0 Å². The summed E-state index contributed by atoms with van der Waals surface area (Å²) in [6, 6.07) is 13.6. The fourth-order valence-corrected chi connectivity index (χ4v) is 3.35. The third kappa shape index (κ3) is 5.28. The summed E-state index contributed by atoms with van der Waals surface area (Å²) < 4.78 is 1.95. The normalized spacial score (nSPS) is 11.0. The highest BCUT2D eigenvalue weighted by Crippen LogP contribution is 2.19. The van der Waals surface area contributed by atoms with Gasteiger partial charge < -0.3 is 10.6 Å². The minimum atomic E-state index is -0.262. The van der Waals surface area contributed by atoms with E-state index in [4.69, 9.17) is 0 Å². The van der Waals surface area contributed by atoms with Crippen molar-refractivity contribution in [2.45, 2.75) is 34.2 Å². The van der Waals surface area contributed by atoms with E-state index in [-0.39, 0.29) is 11.8 Å². The third-order valence-electron chi connectivity index (χ3n) is 5.28. The maximum absolute atomic E-state index is 12.5. The molecule has 1 aromatic heterocycles. The third-order valence-corrected chi connectivity index (χ3v) is 5.28. The van der Waals surface area contributed by atoms with Crippen LogP contribution in [0.15, 0.2) is 48.5 Å². The quantitative estimate of drug-likeness (QED) is 0.592.